The normalized spacial score (nSPS) is 16.2. The molecule has 1 N–H and O–H groups in total. The van der Waals surface area contributed by atoms with Crippen LogP contribution in [0.15, 0.2) is 30.5 Å². The number of para-hydroxylation sites is 1. The van der Waals surface area contributed by atoms with Crippen LogP contribution in [-0.4, -0.2) is 71.1 Å². The van der Waals surface area contributed by atoms with Gasteiger partial charge in [0.15, 0.2) is 5.78 Å². The highest BCUT2D eigenvalue weighted by atomic mass is 16.3. The van der Waals surface area contributed by atoms with E-state index >= 15 is 0 Å². The van der Waals surface area contributed by atoms with Gasteiger partial charge in [0, 0.05) is 61.9 Å². The molecule has 0 aliphatic carbocycles. The number of rotatable bonds is 7. The van der Waals surface area contributed by atoms with Crippen molar-refractivity contribution in [3.8, 4) is 6.07 Å². The standard InChI is InChI=1S/C19H24N4O2/c20-6-3-7-23-14-17(16-4-1-2-5-18(16)23)19(25)15-22-10-8-21(9-11-22)12-13-24/h1-2,4-5,14,24H,3,7-13,15H2. The maximum absolute atomic E-state index is 12.8. The van der Waals surface area contributed by atoms with E-state index in [0.717, 1.165) is 42.6 Å². The number of Topliss-reactive ketones (excluding diaryl/α,β-unsaturated/α-hetero) is 1. The van der Waals surface area contributed by atoms with Crippen molar-refractivity contribution in [2.45, 2.75) is 13.0 Å². The molecule has 0 atom stereocenters. The van der Waals surface area contributed by atoms with E-state index < -0.39 is 0 Å². The van der Waals surface area contributed by atoms with E-state index in [0.29, 0.717) is 26.1 Å². The van der Waals surface area contributed by atoms with Crippen LogP contribution in [0.3, 0.4) is 0 Å². The molecule has 132 valence electrons. The molecule has 1 aliphatic rings. The Morgan fingerprint density at radius 1 is 1.12 bits per heavy atom. The number of hydrogen-bond acceptors (Lipinski definition) is 5. The summed E-state index contributed by atoms with van der Waals surface area (Å²) >= 11 is 0. The lowest BCUT2D eigenvalue weighted by molar-refractivity contribution is 0.0824. The Balaban J connectivity index is 1.71. The van der Waals surface area contributed by atoms with E-state index in [2.05, 4.69) is 15.9 Å². The molecule has 0 amide bonds. The zero-order chi connectivity index (χ0) is 17.6. The molecule has 1 fully saturated rings. The average Bonchev–Trinajstić information content (AvgIpc) is 3.01. The van der Waals surface area contributed by atoms with Gasteiger partial charge in [-0.05, 0) is 6.07 Å². The van der Waals surface area contributed by atoms with Gasteiger partial charge in [0.1, 0.15) is 0 Å². The lowest BCUT2D eigenvalue weighted by Gasteiger charge is -2.33. The van der Waals surface area contributed by atoms with E-state index in [4.69, 9.17) is 10.4 Å². The van der Waals surface area contributed by atoms with Gasteiger partial charge in [-0.3, -0.25) is 14.6 Å². The van der Waals surface area contributed by atoms with Gasteiger partial charge in [-0.2, -0.15) is 5.26 Å². The first-order valence-corrected chi connectivity index (χ1v) is 8.76. The summed E-state index contributed by atoms with van der Waals surface area (Å²) in [6, 6.07) is 10.0. The molecule has 1 saturated heterocycles. The summed E-state index contributed by atoms with van der Waals surface area (Å²) < 4.78 is 2.00. The second-order valence-corrected chi connectivity index (χ2v) is 6.43. The molecular weight excluding hydrogens is 316 g/mol. The highest BCUT2D eigenvalue weighted by Gasteiger charge is 2.21. The number of carbonyl (C=O) groups excluding carboxylic acids is 1. The van der Waals surface area contributed by atoms with Crippen LogP contribution in [0, 0.1) is 11.3 Å². The second-order valence-electron chi connectivity index (χ2n) is 6.43. The number of piperazine rings is 1. The number of nitriles is 1. The molecular formula is C19H24N4O2. The van der Waals surface area contributed by atoms with Crippen molar-refractivity contribution in [2.24, 2.45) is 0 Å². The van der Waals surface area contributed by atoms with Crippen LogP contribution >= 0.6 is 0 Å². The molecule has 1 aromatic carbocycles. The first kappa shape index (κ1) is 17.6. The fourth-order valence-corrected chi connectivity index (χ4v) is 3.43. The Kier molecular flexibility index (Phi) is 5.82. The Bertz CT molecular complexity index is 769. The molecule has 1 aromatic heterocycles. The molecule has 0 radical (unpaired) electrons. The number of β-amino-alcohol motifs (C(OH)–C–C–N with tert-alkyl or cyclic N) is 1. The van der Waals surface area contributed by atoms with Crippen molar-refractivity contribution in [3.63, 3.8) is 0 Å². The summed E-state index contributed by atoms with van der Waals surface area (Å²) in [5, 5.41) is 18.8. The molecule has 0 bridgehead atoms. The Morgan fingerprint density at radius 2 is 1.84 bits per heavy atom. The number of aryl methyl sites for hydroxylation is 1. The monoisotopic (exact) mass is 340 g/mol. The van der Waals surface area contributed by atoms with Crippen LogP contribution in [-0.2, 0) is 6.54 Å². The predicted molar refractivity (Wildman–Crippen MR) is 96.5 cm³/mol. The first-order valence-electron chi connectivity index (χ1n) is 8.76. The van der Waals surface area contributed by atoms with Gasteiger partial charge < -0.3 is 9.67 Å². The molecule has 2 aromatic rings. The molecule has 6 heteroatoms. The SMILES string of the molecule is N#CCCn1cc(C(=O)CN2CCN(CCO)CC2)c2ccccc21. The third-order valence-corrected chi connectivity index (χ3v) is 4.80. The van der Waals surface area contributed by atoms with Crippen molar-refractivity contribution >= 4 is 16.7 Å². The third kappa shape index (κ3) is 4.07. The van der Waals surface area contributed by atoms with Crippen LogP contribution in [0.2, 0.25) is 0 Å². The topological polar surface area (TPSA) is 72.5 Å². The second kappa shape index (κ2) is 8.26. The lowest BCUT2D eigenvalue weighted by atomic mass is 10.1. The average molecular weight is 340 g/mol. The molecule has 1 aliphatic heterocycles. The van der Waals surface area contributed by atoms with E-state index in [1.165, 1.54) is 0 Å². The van der Waals surface area contributed by atoms with E-state index in [1.807, 2.05) is 35.0 Å². The summed E-state index contributed by atoms with van der Waals surface area (Å²) in [4.78, 5) is 17.2. The number of benzene rings is 1. The number of aliphatic hydroxyl groups excluding tert-OH is 1. The molecule has 0 spiro atoms. The van der Waals surface area contributed by atoms with E-state index in [1.54, 1.807) is 0 Å². The maximum atomic E-state index is 12.8. The summed E-state index contributed by atoms with van der Waals surface area (Å²) in [6.45, 7) is 5.37. The van der Waals surface area contributed by atoms with Crippen LogP contribution in [0.25, 0.3) is 10.9 Å². The Labute approximate surface area is 147 Å². The van der Waals surface area contributed by atoms with Crippen molar-refractivity contribution in [2.75, 3.05) is 45.9 Å². The number of ketones is 1. The number of carbonyl (C=O) groups is 1. The van der Waals surface area contributed by atoms with Gasteiger partial charge in [0.2, 0.25) is 0 Å². The van der Waals surface area contributed by atoms with Crippen molar-refractivity contribution in [3.05, 3.63) is 36.0 Å². The van der Waals surface area contributed by atoms with Gasteiger partial charge in [-0.1, -0.05) is 18.2 Å². The minimum absolute atomic E-state index is 0.127. The quantitative estimate of drug-likeness (QED) is 0.770. The Morgan fingerprint density at radius 3 is 2.56 bits per heavy atom. The number of aliphatic hydroxyl groups is 1. The summed E-state index contributed by atoms with van der Waals surface area (Å²) in [5.74, 6) is 0.127. The number of fused-ring (bicyclic) bond motifs is 1. The summed E-state index contributed by atoms with van der Waals surface area (Å²) in [6.07, 6.45) is 2.32. The zero-order valence-corrected chi connectivity index (χ0v) is 14.4. The van der Waals surface area contributed by atoms with Crippen LogP contribution < -0.4 is 0 Å². The predicted octanol–water partition coefficient (Wildman–Crippen LogP) is 1.35. The van der Waals surface area contributed by atoms with Crippen molar-refractivity contribution in [1.82, 2.24) is 14.4 Å². The van der Waals surface area contributed by atoms with Crippen molar-refractivity contribution in [1.29, 1.82) is 5.26 Å². The van der Waals surface area contributed by atoms with Gasteiger partial charge in [0.25, 0.3) is 0 Å². The van der Waals surface area contributed by atoms with Gasteiger partial charge in [-0.15, -0.1) is 0 Å². The number of nitrogens with zero attached hydrogens (tertiary/aromatic N) is 4. The number of hydrogen-bond donors (Lipinski definition) is 1. The molecule has 0 saturated carbocycles. The van der Waals surface area contributed by atoms with Crippen LogP contribution in [0.5, 0.6) is 0 Å². The zero-order valence-electron chi connectivity index (χ0n) is 14.4. The van der Waals surface area contributed by atoms with Gasteiger partial charge in [0.05, 0.1) is 25.6 Å². The minimum atomic E-state index is 0.127. The first-order chi connectivity index (χ1) is 12.2. The van der Waals surface area contributed by atoms with Crippen LogP contribution in [0.1, 0.15) is 16.8 Å². The van der Waals surface area contributed by atoms with E-state index in [9.17, 15) is 4.79 Å². The summed E-state index contributed by atoms with van der Waals surface area (Å²) in [5.41, 5.74) is 1.75. The maximum Gasteiger partial charge on any atom is 0.178 e. The van der Waals surface area contributed by atoms with Crippen molar-refractivity contribution < 1.29 is 9.90 Å². The highest BCUT2D eigenvalue weighted by molar-refractivity contribution is 6.09. The molecule has 3 rings (SSSR count). The Hall–Kier alpha value is -2.20. The smallest absolute Gasteiger partial charge is 0.178 e. The molecule has 6 nitrogen and oxygen atoms in total. The molecule has 2 heterocycles. The fourth-order valence-electron chi connectivity index (χ4n) is 3.43. The minimum Gasteiger partial charge on any atom is -0.395 e. The summed E-state index contributed by atoms with van der Waals surface area (Å²) in [7, 11) is 0. The van der Waals surface area contributed by atoms with Gasteiger partial charge >= 0.3 is 0 Å². The lowest BCUT2D eigenvalue weighted by Crippen LogP contribution is -2.48. The fraction of sp³-hybridized carbons (Fsp3) is 0.474. The van der Waals surface area contributed by atoms with Crippen LogP contribution in [0.4, 0.5) is 0 Å². The highest BCUT2D eigenvalue weighted by Crippen LogP contribution is 2.22. The largest absolute Gasteiger partial charge is 0.395 e. The van der Waals surface area contributed by atoms with E-state index in [-0.39, 0.29) is 12.4 Å². The number of aromatic nitrogens is 1. The van der Waals surface area contributed by atoms with Gasteiger partial charge in [-0.25, -0.2) is 0 Å². The molecule has 25 heavy (non-hydrogen) atoms. The molecule has 0 unspecified atom stereocenters. The third-order valence-electron chi connectivity index (χ3n) is 4.80.